The monoisotopic (exact) mass is 257 g/mol. The number of hydrogen-bond acceptors (Lipinski definition) is 5. The van der Waals surface area contributed by atoms with Crippen LogP contribution >= 0.6 is 0 Å². The lowest BCUT2D eigenvalue weighted by Crippen LogP contribution is -2.15. The summed E-state index contributed by atoms with van der Waals surface area (Å²) in [6.07, 6.45) is 1.64. The fraction of sp³-hybridized carbons (Fsp3) is 0.167. The number of fused-ring (bicyclic) bond motifs is 1. The van der Waals surface area contributed by atoms with E-state index >= 15 is 0 Å². The third-order valence-electron chi connectivity index (χ3n) is 2.64. The first-order chi connectivity index (χ1) is 9.13. The molecule has 0 atom stereocenters. The Bertz CT molecular complexity index is 758. The number of aromatic nitrogens is 4. The maximum atomic E-state index is 12.1. The Kier molecular flexibility index (Phi) is 2.52. The van der Waals surface area contributed by atoms with Crippen molar-refractivity contribution >= 4 is 17.4 Å². The van der Waals surface area contributed by atoms with Crippen molar-refractivity contribution in [3.8, 4) is 0 Å². The zero-order valence-electron chi connectivity index (χ0n) is 10.4. The van der Waals surface area contributed by atoms with Crippen molar-refractivity contribution in [3.05, 3.63) is 41.5 Å². The molecule has 3 aromatic heterocycles. The molecule has 0 bridgehead atoms. The van der Waals surface area contributed by atoms with Crippen LogP contribution in [0.1, 0.15) is 21.9 Å². The van der Waals surface area contributed by atoms with Gasteiger partial charge in [-0.3, -0.25) is 4.79 Å². The molecule has 0 aliphatic rings. The molecule has 1 amide bonds. The average molecular weight is 257 g/mol. The van der Waals surface area contributed by atoms with Gasteiger partial charge in [0.05, 0.1) is 6.20 Å². The highest BCUT2D eigenvalue weighted by Gasteiger charge is 2.12. The number of anilines is 1. The first-order valence-electron chi connectivity index (χ1n) is 5.69. The molecular formula is C12H11N5O2. The van der Waals surface area contributed by atoms with Crippen molar-refractivity contribution in [1.29, 1.82) is 0 Å². The predicted molar refractivity (Wildman–Crippen MR) is 66.9 cm³/mol. The highest BCUT2D eigenvalue weighted by Crippen LogP contribution is 2.11. The van der Waals surface area contributed by atoms with Crippen molar-refractivity contribution in [2.75, 3.05) is 5.32 Å². The zero-order valence-corrected chi connectivity index (χ0v) is 10.4. The van der Waals surface area contributed by atoms with E-state index in [0.29, 0.717) is 22.9 Å². The van der Waals surface area contributed by atoms with E-state index < -0.39 is 0 Å². The molecular weight excluding hydrogens is 246 g/mol. The average Bonchev–Trinajstić information content (AvgIpc) is 2.98. The quantitative estimate of drug-likeness (QED) is 0.753. The van der Waals surface area contributed by atoms with E-state index in [1.807, 2.05) is 6.92 Å². The van der Waals surface area contributed by atoms with E-state index in [9.17, 15) is 4.79 Å². The zero-order chi connectivity index (χ0) is 13.4. The van der Waals surface area contributed by atoms with E-state index in [1.165, 1.54) is 0 Å². The molecule has 1 N–H and O–H groups in total. The summed E-state index contributed by atoms with van der Waals surface area (Å²) in [6, 6.07) is 5.05. The topological polar surface area (TPSA) is 85.3 Å². The van der Waals surface area contributed by atoms with Gasteiger partial charge in [0, 0.05) is 17.8 Å². The number of rotatable bonds is 2. The van der Waals surface area contributed by atoms with Gasteiger partial charge in [-0.2, -0.15) is 5.10 Å². The maximum Gasteiger partial charge on any atom is 0.275 e. The molecule has 0 aromatic carbocycles. The van der Waals surface area contributed by atoms with E-state index in [1.54, 1.807) is 35.8 Å². The molecule has 0 aliphatic heterocycles. The molecule has 0 radical (unpaired) electrons. The molecule has 0 saturated heterocycles. The van der Waals surface area contributed by atoms with Crippen LogP contribution in [-0.2, 0) is 0 Å². The normalized spacial score (nSPS) is 10.8. The Labute approximate surface area is 108 Å². The number of carbonyl (C=O) groups is 1. The van der Waals surface area contributed by atoms with Crippen LogP contribution in [-0.4, -0.2) is 25.7 Å². The molecule has 7 heteroatoms. The summed E-state index contributed by atoms with van der Waals surface area (Å²) in [5.41, 5.74) is 1.77. The molecule has 3 rings (SSSR count). The van der Waals surface area contributed by atoms with Gasteiger partial charge in [0.1, 0.15) is 11.5 Å². The van der Waals surface area contributed by atoms with Crippen LogP contribution in [0.3, 0.4) is 0 Å². The van der Waals surface area contributed by atoms with Crippen molar-refractivity contribution < 1.29 is 9.32 Å². The Hall–Kier alpha value is -2.70. The van der Waals surface area contributed by atoms with Gasteiger partial charge in [-0.25, -0.2) is 9.50 Å². The number of hydrogen-bond donors (Lipinski definition) is 1. The van der Waals surface area contributed by atoms with Crippen LogP contribution in [0.5, 0.6) is 0 Å². The van der Waals surface area contributed by atoms with Gasteiger partial charge in [0.15, 0.2) is 11.5 Å². The molecule has 0 aliphatic carbocycles. The fourth-order valence-electron chi connectivity index (χ4n) is 1.79. The van der Waals surface area contributed by atoms with Crippen LogP contribution < -0.4 is 5.32 Å². The molecule has 7 nitrogen and oxygen atoms in total. The minimum absolute atomic E-state index is 0.311. The second kappa shape index (κ2) is 4.20. The van der Waals surface area contributed by atoms with Gasteiger partial charge in [-0.15, -0.1) is 0 Å². The largest absolute Gasteiger partial charge is 0.360 e. The predicted octanol–water partition coefficient (Wildman–Crippen LogP) is 1.59. The van der Waals surface area contributed by atoms with Gasteiger partial charge < -0.3 is 9.84 Å². The minimum atomic E-state index is -0.333. The second-order valence-electron chi connectivity index (χ2n) is 4.16. The first kappa shape index (κ1) is 11.4. The molecule has 96 valence electrons. The van der Waals surface area contributed by atoms with Crippen molar-refractivity contribution in [2.24, 2.45) is 0 Å². The van der Waals surface area contributed by atoms with Gasteiger partial charge in [0.2, 0.25) is 0 Å². The lowest BCUT2D eigenvalue weighted by molar-refractivity contribution is 0.102. The summed E-state index contributed by atoms with van der Waals surface area (Å²) in [5.74, 6) is 0.668. The standard InChI is InChI=1S/C12H11N5O2/c1-7-5-9(14-11-3-4-13-17(7)11)12(18)15-10-6-8(2)19-16-10/h3-6H,1-2H3,(H,15,16,18). The number of nitrogens with one attached hydrogen (secondary N) is 1. The molecule has 3 aromatic rings. The lowest BCUT2D eigenvalue weighted by atomic mass is 10.3. The Morgan fingerprint density at radius 3 is 2.95 bits per heavy atom. The summed E-state index contributed by atoms with van der Waals surface area (Å²) in [6.45, 7) is 3.61. The number of carbonyl (C=O) groups excluding carboxylic acids is 1. The van der Waals surface area contributed by atoms with E-state index in [4.69, 9.17) is 4.52 Å². The molecule has 0 saturated carbocycles. The fourth-order valence-corrected chi connectivity index (χ4v) is 1.79. The molecule has 0 unspecified atom stereocenters. The third-order valence-corrected chi connectivity index (χ3v) is 2.64. The van der Waals surface area contributed by atoms with Gasteiger partial charge in [-0.1, -0.05) is 5.16 Å². The van der Waals surface area contributed by atoms with Gasteiger partial charge in [0.25, 0.3) is 5.91 Å². The van der Waals surface area contributed by atoms with Crippen LogP contribution in [0.25, 0.3) is 5.65 Å². The lowest BCUT2D eigenvalue weighted by Gasteiger charge is -2.03. The first-order valence-corrected chi connectivity index (χ1v) is 5.69. The number of aryl methyl sites for hydroxylation is 2. The molecule has 19 heavy (non-hydrogen) atoms. The molecule has 0 spiro atoms. The number of nitrogens with zero attached hydrogens (tertiary/aromatic N) is 4. The molecule has 0 fully saturated rings. The van der Waals surface area contributed by atoms with Crippen LogP contribution in [0, 0.1) is 13.8 Å². The van der Waals surface area contributed by atoms with Crippen molar-refractivity contribution in [1.82, 2.24) is 19.8 Å². The smallest absolute Gasteiger partial charge is 0.275 e. The van der Waals surface area contributed by atoms with E-state index in [0.717, 1.165) is 5.69 Å². The summed E-state index contributed by atoms with van der Waals surface area (Å²) in [4.78, 5) is 16.3. The van der Waals surface area contributed by atoms with Gasteiger partial charge >= 0.3 is 0 Å². The minimum Gasteiger partial charge on any atom is -0.360 e. The van der Waals surface area contributed by atoms with Crippen LogP contribution in [0.15, 0.2) is 28.9 Å². The summed E-state index contributed by atoms with van der Waals surface area (Å²) >= 11 is 0. The summed E-state index contributed by atoms with van der Waals surface area (Å²) in [7, 11) is 0. The van der Waals surface area contributed by atoms with Crippen molar-refractivity contribution in [3.63, 3.8) is 0 Å². The van der Waals surface area contributed by atoms with E-state index in [2.05, 4.69) is 20.6 Å². The highest BCUT2D eigenvalue weighted by atomic mass is 16.5. The van der Waals surface area contributed by atoms with E-state index in [-0.39, 0.29) is 5.91 Å². The maximum absolute atomic E-state index is 12.1. The molecule has 3 heterocycles. The van der Waals surface area contributed by atoms with Crippen LogP contribution in [0.4, 0.5) is 5.82 Å². The van der Waals surface area contributed by atoms with Gasteiger partial charge in [-0.05, 0) is 19.9 Å². The van der Waals surface area contributed by atoms with Crippen molar-refractivity contribution in [2.45, 2.75) is 13.8 Å². The number of amides is 1. The summed E-state index contributed by atoms with van der Waals surface area (Å²) in [5, 5.41) is 10.4. The SMILES string of the molecule is Cc1cc(NC(=O)c2cc(C)n3nccc3n2)no1. The van der Waals surface area contributed by atoms with Crippen LogP contribution in [0.2, 0.25) is 0 Å². The Balaban J connectivity index is 1.92. The second-order valence-corrected chi connectivity index (χ2v) is 4.16. The Morgan fingerprint density at radius 1 is 1.37 bits per heavy atom. The highest BCUT2D eigenvalue weighted by molar-refractivity contribution is 6.02. The third kappa shape index (κ3) is 2.05. The summed E-state index contributed by atoms with van der Waals surface area (Å²) < 4.78 is 6.55. The Morgan fingerprint density at radius 2 is 2.21 bits per heavy atom.